The van der Waals surface area contributed by atoms with Gasteiger partial charge in [0.1, 0.15) is 5.75 Å². The molecule has 0 amide bonds. The molecule has 1 fully saturated rings. The average molecular weight is 161 g/mol. The van der Waals surface area contributed by atoms with Crippen molar-refractivity contribution >= 4 is 0 Å². The van der Waals surface area contributed by atoms with Crippen LogP contribution in [0.4, 0.5) is 0 Å². The van der Waals surface area contributed by atoms with Crippen molar-refractivity contribution in [2.24, 2.45) is 5.92 Å². The van der Waals surface area contributed by atoms with Gasteiger partial charge in [-0.25, -0.2) is 0 Å². The number of rotatable bonds is 3. The Morgan fingerprint density at radius 2 is 2.42 bits per heavy atom. The minimum Gasteiger partial charge on any atom is -0.493 e. The van der Waals surface area contributed by atoms with E-state index in [4.69, 9.17) is 4.74 Å². The van der Waals surface area contributed by atoms with E-state index in [1.807, 2.05) is 24.3 Å². The van der Waals surface area contributed by atoms with E-state index in [1.54, 1.807) is 0 Å². The maximum absolute atomic E-state index is 5.58. The molecule has 1 saturated carbocycles. The van der Waals surface area contributed by atoms with Crippen LogP contribution in [0.25, 0.3) is 0 Å². The number of hydrogen-bond acceptors (Lipinski definition) is 1. The molecule has 1 radical (unpaired) electrons. The van der Waals surface area contributed by atoms with E-state index in [1.165, 1.54) is 19.3 Å². The molecule has 12 heavy (non-hydrogen) atoms. The van der Waals surface area contributed by atoms with Gasteiger partial charge in [0, 0.05) is 0 Å². The summed E-state index contributed by atoms with van der Waals surface area (Å²) in [4.78, 5) is 0. The van der Waals surface area contributed by atoms with E-state index in [0.717, 1.165) is 18.3 Å². The summed E-state index contributed by atoms with van der Waals surface area (Å²) in [6, 6.07) is 10.7. The van der Waals surface area contributed by atoms with Crippen LogP contribution in [0, 0.1) is 12.0 Å². The van der Waals surface area contributed by atoms with Crippen molar-refractivity contribution in [3.05, 3.63) is 30.3 Å². The Hall–Kier alpha value is -0.980. The van der Waals surface area contributed by atoms with E-state index in [-0.39, 0.29) is 0 Å². The van der Waals surface area contributed by atoms with Crippen molar-refractivity contribution in [2.45, 2.75) is 19.3 Å². The second kappa shape index (κ2) is 3.61. The van der Waals surface area contributed by atoms with E-state index in [2.05, 4.69) is 6.07 Å². The largest absolute Gasteiger partial charge is 0.493 e. The third-order valence-electron chi connectivity index (χ3n) is 2.39. The minimum atomic E-state index is 0.810. The third kappa shape index (κ3) is 1.79. The quantitative estimate of drug-likeness (QED) is 0.662. The van der Waals surface area contributed by atoms with Gasteiger partial charge in [0.2, 0.25) is 0 Å². The molecule has 1 aromatic carbocycles. The van der Waals surface area contributed by atoms with Gasteiger partial charge in [-0.2, -0.15) is 0 Å². The van der Waals surface area contributed by atoms with Gasteiger partial charge in [0.25, 0.3) is 0 Å². The van der Waals surface area contributed by atoms with Crippen molar-refractivity contribution in [2.75, 3.05) is 6.61 Å². The van der Waals surface area contributed by atoms with Gasteiger partial charge in [-0.05, 0) is 37.0 Å². The van der Waals surface area contributed by atoms with Gasteiger partial charge < -0.3 is 4.74 Å². The molecule has 0 saturated heterocycles. The van der Waals surface area contributed by atoms with E-state index in [0.29, 0.717) is 0 Å². The Balaban J connectivity index is 1.79. The zero-order valence-electron chi connectivity index (χ0n) is 7.12. The van der Waals surface area contributed by atoms with Gasteiger partial charge >= 0.3 is 0 Å². The standard InChI is InChI=1S/C11H13O/c1-2-7-11(8-3-1)12-9-10-5-4-6-10/h1-2,7-8,10H,4-6,9H2. The van der Waals surface area contributed by atoms with Crippen molar-refractivity contribution in [3.8, 4) is 5.75 Å². The Morgan fingerprint density at radius 1 is 1.50 bits per heavy atom. The van der Waals surface area contributed by atoms with Crippen molar-refractivity contribution in [1.82, 2.24) is 0 Å². The lowest BCUT2D eigenvalue weighted by Crippen LogP contribution is -2.19. The third-order valence-corrected chi connectivity index (χ3v) is 2.39. The molecule has 0 N–H and O–H groups in total. The summed E-state index contributed by atoms with van der Waals surface area (Å²) < 4.78 is 5.58. The molecule has 1 heteroatoms. The zero-order valence-corrected chi connectivity index (χ0v) is 7.12. The van der Waals surface area contributed by atoms with E-state index < -0.39 is 0 Å². The fraction of sp³-hybridized carbons (Fsp3) is 0.455. The fourth-order valence-electron chi connectivity index (χ4n) is 1.34. The summed E-state index contributed by atoms with van der Waals surface area (Å²) in [5.74, 6) is 1.76. The molecule has 0 atom stereocenters. The number of hydrogen-bond donors (Lipinski definition) is 0. The molecule has 0 aliphatic heterocycles. The van der Waals surface area contributed by atoms with Crippen LogP contribution in [-0.2, 0) is 0 Å². The van der Waals surface area contributed by atoms with Crippen LogP contribution in [0.1, 0.15) is 19.3 Å². The van der Waals surface area contributed by atoms with Crippen LogP contribution in [0.3, 0.4) is 0 Å². The van der Waals surface area contributed by atoms with Crippen LogP contribution >= 0.6 is 0 Å². The maximum atomic E-state index is 5.58. The predicted octanol–water partition coefficient (Wildman–Crippen LogP) is 2.67. The monoisotopic (exact) mass is 161 g/mol. The lowest BCUT2D eigenvalue weighted by Gasteiger charge is -2.24. The molecule has 0 aromatic heterocycles. The number of ether oxygens (including phenoxy) is 1. The molecular formula is C11H13O. The second-order valence-corrected chi connectivity index (χ2v) is 3.35. The van der Waals surface area contributed by atoms with Crippen LogP contribution in [0.5, 0.6) is 5.75 Å². The highest BCUT2D eigenvalue weighted by atomic mass is 16.5. The Labute approximate surface area is 73.4 Å². The summed E-state index contributed by atoms with van der Waals surface area (Å²) >= 11 is 0. The first-order valence-corrected chi connectivity index (χ1v) is 4.54. The minimum absolute atomic E-state index is 0.810. The van der Waals surface area contributed by atoms with Crippen molar-refractivity contribution < 1.29 is 4.74 Å². The van der Waals surface area contributed by atoms with Crippen molar-refractivity contribution in [1.29, 1.82) is 0 Å². The normalized spacial score (nSPS) is 17.0. The first kappa shape index (κ1) is 7.66. The molecule has 1 aromatic rings. The molecule has 63 valence electrons. The van der Waals surface area contributed by atoms with Crippen LogP contribution in [-0.4, -0.2) is 6.61 Å². The highest BCUT2D eigenvalue weighted by molar-refractivity contribution is 5.20. The highest BCUT2D eigenvalue weighted by Crippen LogP contribution is 2.26. The van der Waals surface area contributed by atoms with Gasteiger partial charge in [0.15, 0.2) is 0 Å². The summed E-state index contributed by atoms with van der Waals surface area (Å²) in [5, 5.41) is 0. The van der Waals surface area contributed by atoms with E-state index in [9.17, 15) is 0 Å². The van der Waals surface area contributed by atoms with E-state index >= 15 is 0 Å². The molecule has 1 aliphatic carbocycles. The Bertz CT molecular complexity index is 226. The molecule has 1 nitrogen and oxygen atoms in total. The highest BCUT2D eigenvalue weighted by Gasteiger charge is 2.17. The molecular weight excluding hydrogens is 148 g/mol. The first-order chi connectivity index (χ1) is 5.95. The molecule has 0 bridgehead atoms. The molecule has 0 heterocycles. The average Bonchev–Trinajstić information content (AvgIpc) is 2.04. The van der Waals surface area contributed by atoms with Gasteiger partial charge in [-0.1, -0.05) is 18.6 Å². The predicted molar refractivity (Wildman–Crippen MR) is 48.1 cm³/mol. The number of benzene rings is 1. The maximum Gasteiger partial charge on any atom is 0.119 e. The molecule has 0 unspecified atom stereocenters. The Kier molecular flexibility index (Phi) is 2.31. The molecule has 2 rings (SSSR count). The smallest absolute Gasteiger partial charge is 0.119 e. The second-order valence-electron chi connectivity index (χ2n) is 3.35. The SMILES string of the molecule is [c]1cccc(OCC2CCC2)c1. The van der Waals surface area contributed by atoms with Crippen LogP contribution in [0.2, 0.25) is 0 Å². The lowest BCUT2D eigenvalue weighted by molar-refractivity contribution is 0.180. The summed E-state index contributed by atoms with van der Waals surface area (Å²) in [6.45, 7) is 0.887. The summed E-state index contributed by atoms with van der Waals surface area (Å²) in [7, 11) is 0. The van der Waals surface area contributed by atoms with Gasteiger partial charge in [0.05, 0.1) is 6.61 Å². The fourth-order valence-corrected chi connectivity index (χ4v) is 1.34. The first-order valence-electron chi connectivity index (χ1n) is 4.54. The lowest BCUT2D eigenvalue weighted by atomic mass is 9.86. The topological polar surface area (TPSA) is 9.23 Å². The zero-order chi connectivity index (χ0) is 8.23. The summed E-state index contributed by atoms with van der Waals surface area (Å²) in [5.41, 5.74) is 0. The molecule has 1 aliphatic rings. The summed E-state index contributed by atoms with van der Waals surface area (Å²) in [6.07, 6.45) is 4.07. The van der Waals surface area contributed by atoms with Gasteiger partial charge in [-0.15, -0.1) is 0 Å². The molecule has 0 spiro atoms. The van der Waals surface area contributed by atoms with Gasteiger partial charge in [-0.3, -0.25) is 0 Å². The Morgan fingerprint density at radius 3 is 3.00 bits per heavy atom. The van der Waals surface area contributed by atoms with Crippen LogP contribution in [0.15, 0.2) is 24.3 Å². The van der Waals surface area contributed by atoms with Crippen molar-refractivity contribution in [3.63, 3.8) is 0 Å². The van der Waals surface area contributed by atoms with Crippen LogP contribution < -0.4 is 4.74 Å².